The number of aromatic nitrogens is 3. The number of nitrogens with two attached hydrogens (primary N) is 1. The smallest absolute Gasteiger partial charge is 0.310 e. The fraction of sp³-hybridized carbons (Fsp3) is 0.625. The molecule has 1 aliphatic rings. The predicted octanol–water partition coefficient (Wildman–Crippen LogP) is -0.404. The van der Waals surface area contributed by atoms with Gasteiger partial charge in [-0.15, -0.1) is 5.10 Å². The highest BCUT2D eigenvalue weighted by Crippen LogP contribution is 2.19. The highest BCUT2D eigenvalue weighted by atomic mass is 16.5. The lowest BCUT2D eigenvalue weighted by Crippen LogP contribution is -2.28. The standard InChI is InChI=1S/C8H12N4O2/c1-14-7(13)5-2-3-6-10-8(9)11-12(6)4-5/h5H,2-4H2,1H3,(H2,9,11). The summed E-state index contributed by atoms with van der Waals surface area (Å²) in [5, 5.41) is 3.99. The molecular weight excluding hydrogens is 184 g/mol. The van der Waals surface area contributed by atoms with Gasteiger partial charge in [-0.25, -0.2) is 4.68 Å². The minimum atomic E-state index is -0.190. The summed E-state index contributed by atoms with van der Waals surface area (Å²) in [7, 11) is 1.40. The highest BCUT2D eigenvalue weighted by Gasteiger charge is 2.26. The number of aryl methyl sites for hydroxylation is 1. The minimum Gasteiger partial charge on any atom is -0.469 e. The van der Waals surface area contributed by atoms with Crippen LogP contribution in [-0.4, -0.2) is 27.8 Å². The second-order valence-electron chi connectivity index (χ2n) is 3.33. The van der Waals surface area contributed by atoms with Crippen LogP contribution in [0.3, 0.4) is 0 Å². The van der Waals surface area contributed by atoms with Crippen molar-refractivity contribution < 1.29 is 9.53 Å². The SMILES string of the molecule is COC(=O)C1CCc2nc(N)nn2C1. The van der Waals surface area contributed by atoms with E-state index < -0.39 is 0 Å². The van der Waals surface area contributed by atoms with Crippen molar-refractivity contribution in [2.24, 2.45) is 5.92 Å². The van der Waals surface area contributed by atoms with Gasteiger partial charge in [0.1, 0.15) is 5.82 Å². The molecule has 0 spiro atoms. The Morgan fingerprint density at radius 3 is 3.21 bits per heavy atom. The number of esters is 1. The lowest BCUT2D eigenvalue weighted by Gasteiger charge is -2.19. The third kappa shape index (κ3) is 1.43. The number of anilines is 1. The minimum absolute atomic E-state index is 0.117. The fourth-order valence-electron chi connectivity index (χ4n) is 1.69. The number of methoxy groups -OCH3 is 1. The monoisotopic (exact) mass is 196 g/mol. The van der Waals surface area contributed by atoms with Gasteiger partial charge in [0.15, 0.2) is 0 Å². The van der Waals surface area contributed by atoms with Gasteiger partial charge in [0.05, 0.1) is 19.6 Å². The third-order valence-electron chi connectivity index (χ3n) is 2.41. The molecule has 1 aromatic heterocycles. The molecule has 2 N–H and O–H groups in total. The summed E-state index contributed by atoms with van der Waals surface area (Å²) in [4.78, 5) is 15.3. The summed E-state index contributed by atoms with van der Waals surface area (Å²) in [6.07, 6.45) is 1.48. The van der Waals surface area contributed by atoms with E-state index in [-0.39, 0.29) is 17.8 Å². The van der Waals surface area contributed by atoms with Gasteiger partial charge >= 0.3 is 5.97 Å². The summed E-state index contributed by atoms with van der Waals surface area (Å²) in [5.41, 5.74) is 5.45. The van der Waals surface area contributed by atoms with E-state index in [4.69, 9.17) is 5.73 Å². The molecule has 0 radical (unpaired) electrons. The van der Waals surface area contributed by atoms with Crippen molar-refractivity contribution in [2.45, 2.75) is 19.4 Å². The number of rotatable bonds is 1. The first-order valence-electron chi connectivity index (χ1n) is 4.47. The van der Waals surface area contributed by atoms with Gasteiger partial charge in [-0.1, -0.05) is 0 Å². The lowest BCUT2D eigenvalue weighted by molar-refractivity contribution is -0.146. The van der Waals surface area contributed by atoms with Gasteiger partial charge < -0.3 is 10.5 Å². The van der Waals surface area contributed by atoms with E-state index >= 15 is 0 Å². The Morgan fingerprint density at radius 1 is 1.71 bits per heavy atom. The zero-order valence-corrected chi connectivity index (χ0v) is 7.93. The number of hydrogen-bond donors (Lipinski definition) is 1. The van der Waals surface area contributed by atoms with Crippen LogP contribution in [0.4, 0.5) is 5.95 Å². The second kappa shape index (κ2) is 3.28. The lowest BCUT2D eigenvalue weighted by atomic mass is 10.0. The van der Waals surface area contributed by atoms with Crippen LogP contribution in [0.5, 0.6) is 0 Å². The predicted molar refractivity (Wildman–Crippen MR) is 48.3 cm³/mol. The van der Waals surface area contributed by atoms with Gasteiger partial charge in [0.2, 0.25) is 5.95 Å². The quantitative estimate of drug-likeness (QED) is 0.618. The first-order valence-corrected chi connectivity index (χ1v) is 4.47. The van der Waals surface area contributed by atoms with E-state index in [0.717, 1.165) is 18.7 Å². The van der Waals surface area contributed by atoms with E-state index in [1.165, 1.54) is 7.11 Å². The van der Waals surface area contributed by atoms with E-state index in [1.807, 2.05) is 0 Å². The summed E-state index contributed by atoms with van der Waals surface area (Å²) in [6.45, 7) is 0.520. The van der Waals surface area contributed by atoms with Crippen LogP contribution >= 0.6 is 0 Å². The zero-order valence-electron chi connectivity index (χ0n) is 7.93. The number of nitrogens with zero attached hydrogens (tertiary/aromatic N) is 3. The Balaban J connectivity index is 2.16. The van der Waals surface area contributed by atoms with Crippen LogP contribution in [0, 0.1) is 5.92 Å². The molecule has 1 aliphatic heterocycles. The number of carbonyl (C=O) groups is 1. The van der Waals surface area contributed by atoms with Gasteiger partial charge in [-0.05, 0) is 6.42 Å². The van der Waals surface area contributed by atoms with Crippen LogP contribution in [-0.2, 0) is 22.5 Å². The first-order chi connectivity index (χ1) is 6.70. The van der Waals surface area contributed by atoms with Gasteiger partial charge in [0.25, 0.3) is 0 Å². The molecule has 0 aromatic carbocycles. The highest BCUT2D eigenvalue weighted by molar-refractivity contribution is 5.72. The summed E-state index contributed by atoms with van der Waals surface area (Å²) in [5.74, 6) is 0.812. The molecule has 2 heterocycles. The van der Waals surface area contributed by atoms with Crippen LogP contribution in [0.25, 0.3) is 0 Å². The van der Waals surface area contributed by atoms with Crippen molar-refractivity contribution in [3.05, 3.63) is 5.82 Å². The topological polar surface area (TPSA) is 83.0 Å². The molecule has 76 valence electrons. The van der Waals surface area contributed by atoms with Crippen molar-refractivity contribution >= 4 is 11.9 Å². The van der Waals surface area contributed by atoms with Crippen molar-refractivity contribution in [3.8, 4) is 0 Å². The van der Waals surface area contributed by atoms with Gasteiger partial charge in [-0.3, -0.25) is 4.79 Å². The maximum absolute atomic E-state index is 11.3. The number of fused-ring (bicyclic) bond motifs is 1. The Hall–Kier alpha value is -1.59. The molecular formula is C8H12N4O2. The van der Waals surface area contributed by atoms with Crippen LogP contribution in [0.15, 0.2) is 0 Å². The Morgan fingerprint density at radius 2 is 2.50 bits per heavy atom. The van der Waals surface area contributed by atoms with E-state index in [9.17, 15) is 4.79 Å². The largest absolute Gasteiger partial charge is 0.469 e. The molecule has 0 saturated heterocycles. The van der Waals surface area contributed by atoms with Crippen molar-refractivity contribution in [2.75, 3.05) is 12.8 Å². The molecule has 0 amide bonds. The number of ether oxygens (including phenoxy) is 1. The molecule has 6 heteroatoms. The fourth-order valence-corrected chi connectivity index (χ4v) is 1.69. The average molecular weight is 196 g/mol. The third-order valence-corrected chi connectivity index (χ3v) is 2.41. The van der Waals surface area contributed by atoms with Gasteiger partial charge in [0, 0.05) is 6.42 Å². The van der Waals surface area contributed by atoms with Crippen LogP contribution < -0.4 is 5.73 Å². The molecule has 1 unspecified atom stereocenters. The molecule has 6 nitrogen and oxygen atoms in total. The Labute approximate surface area is 81.1 Å². The summed E-state index contributed by atoms with van der Waals surface area (Å²) in [6, 6.07) is 0. The Bertz CT molecular complexity index is 360. The maximum atomic E-state index is 11.3. The summed E-state index contributed by atoms with van der Waals surface area (Å²) >= 11 is 0. The van der Waals surface area contributed by atoms with E-state index in [2.05, 4.69) is 14.8 Å². The first kappa shape index (κ1) is 8.98. The average Bonchev–Trinajstić information content (AvgIpc) is 2.55. The maximum Gasteiger partial charge on any atom is 0.310 e. The van der Waals surface area contributed by atoms with E-state index in [1.54, 1.807) is 4.68 Å². The van der Waals surface area contributed by atoms with E-state index in [0.29, 0.717) is 6.54 Å². The molecule has 0 saturated carbocycles. The number of hydrogen-bond acceptors (Lipinski definition) is 5. The van der Waals surface area contributed by atoms with Crippen molar-refractivity contribution in [1.82, 2.24) is 14.8 Å². The molecule has 14 heavy (non-hydrogen) atoms. The number of carbonyl (C=O) groups excluding carboxylic acids is 1. The molecule has 0 fully saturated rings. The normalized spacial score (nSPS) is 20.2. The second-order valence-corrected chi connectivity index (χ2v) is 3.33. The summed E-state index contributed by atoms with van der Waals surface area (Å²) < 4.78 is 6.36. The molecule has 2 rings (SSSR count). The molecule has 0 aliphatic carbocycles. The van der Waals surface area contributed by atoms with Gasteiger partial charge in [-0.2, -0.15) is 4.98 Å². The van der Waals surface area contributed by atoms with Crippen LogP contribution in [0.1, 0.15) is 12.2 Å². The van der Waals surface area contributed by atoms with Crippen LogP contribution in [0.2, 0.25) is 0 Å². The number of nitrogen functional groups attached to an aromatic ring is 1. The van der Waals surface area contributed by atoms with Crippen molar-refractivity contribution in [1.29, 1.82) is 0 Å². The Kier molecular flexibility index (Phi) is 2.11. The molecule has 1 aromatic rings. The van der Waals surface area contributed by atoms with Crippen molar-refractivity contribution in [3.63, 3.8) is 0 Å². The molecule has 1 atom stereocenters. The molecule has 0 bridgehead atoms. The zero-order chi connectivity index (χ0) is 10.1.